The smallest absolute Gasteiger partial charge is 0.411 e. The molecule has 26 heavy (non-hydrogen) atoms. The van der Waals surface area contributed by atoms with Crippen molar-refractivity contribution in [1.82, 2.24) is 5.32 Å². The van der Waals surface area contributed by atoms with Crippen molar-refractivity contribution in [2.75, 3.05) is 24.7 Å². The summed E-state index contributed by atoms with van der Waals surface area (Å²) in [7, 11) is 0. The maximum atomic E-state index is 12.1. The first kappa shape index (κ1) is 22.1. The highest BCUT2D eigenvalue weighted by Gasteiger charge is 2.18. The molecule has 142 valence electrons. The van der Waals surface area contributed by atoms with Crippen LogP contribution >= 0.6 is 12.6 Å². The van der Waals surface area contributed by atoms with Gasteiger partial charge in [0, 0.05) is 5.56 Å². The number of hydrogen-bond donors (Lipinski definition) is 3. The molecule has 5 heteroatoms. The summed E-state index contributed by atoms with van der Waals surface area (Å²) in [4.78, 5) is 12.1. The van der Waals surface area contributed by atoms with Crippen LogP contribution < -0.4 is 10.6 Å². The fourth-order valence-electron chi connectivity index (χ4n) is 2.67. The van der Waals surface area contributed by atoms with Crippen LogP contribution in [-0.4, -0.2) is 31.5 Å². The molecule has 0 aliphatic carbocycles. The Balaban J connectivity index is 0.000000791. The minimum atomic E-state index is -0.379. The summed E-state index contributed by atoms with van der Waals surface area (Å²) in [5.74, 6) is 0. The monoisotopic (exact) mass is 374 g/mol. The van der Waals surface area contributed by atoms with Gasteiger partial charge in [0.25, 0.3) is 0 Å². The third-order valence-corrected chi connectivity index (χ3v) is 3.81. The van der Waals surface area contributed by atoms with Crippen molar-refractivity contribution in [2.24, 2.45) is 0 Å². The van der Waals surface area contributed by atoms with Crippen LogP contribution in [0.3, 0.4) is 0 Å². The zero-order chi connectivity index (χ0) is 19.2. The van der Waals surface area contributed by atoms with Gasteiger partial charge in [-0.05, 0) is 43.8 Å². The highest BCUT2D eigenvalue weighted by atomic mass is 32.1. The van der Waals surface area contributed by atoms with E-state index in [0.29, 0.717) is 0 Å². The number of rotatable bonds is 3. The molecule has 2 aromatic rings. The van der Waals surface area contributed by atoms with E-state index in [0.717, 1.165) is 42.7 Å². The molecule has 0 saturated carbocycles. The van der Waals surface area contributed by atoms with Crippen LogP contribution in [0.2, 0.25) is 0 Å². The third kappa shape index (κ3) is 7.10. The lowest BCUT2D eigenvalue weighted by molar-refractivity contribution is 0.0909. The summed E-state index contributed by atoms with van der Waals surface area (Å²) >= 11 is 3.53. The van der Waals surface area contributed by atoms with E-state index in [1.54, 1.807) is 6.26 Å². The van der Waals surface area contributed by atoms with E-state index < -0.39 is 0 Å². The fraction of sp³-hybridized carbons (Fsp3) is 0.381. The number of carbonyl (C=O) groups is 1. The van der Waals surface area contributed by atoms with Crippen molar-refractivity contribution in [3.63, 3.8) is 0 Å². The summed E-state index contributed by atoms with van der Waals surface area (Å²) in [5.41, 5.74) is 2.83. The van der Waals surface area contributed by atoms with Gasteiger partial charge in [0.1, 0.15) is 6.10 Å². The number of ether oxygens (including phenoxy) is 1. The predicted octanol–water partition coefficient (Wildman–Crippen LogP) is 5.23. The zero-order valence-electron chi connectivity index (χ0n) is 15.9. The number of amides is 1. The molecule has 0 unspecified atom stereocenters. The molecule has 2 N–H and O–H groups in total. The number of hydrogen-bond acceptors (Lipinski definition) is 4. The van der Waals surface area contributed by atoms with Gasteiger partial charge in [-0.3, -0.25) is 5.32 Å². The quantitative estimate of drug-likeness (QED) is 0.645. The maximum Gasteiger partial charge on any atom is 0.411 e. The van der Waals surface area contributed by atoms with E-state index in [2.05, 4.69) is 23.3 Å². The summed E-state index contributed by atoms with van der Waals surface area (Å²) in [6.45, 7) is 5.80. The summed E-state index contributed by atoms with van der Waals surface area (Å²) < 4.78 is 5.50. The van der Waals surface area contributed by atoms with Crippen LogP contribution in [0.25, 0.3) is 11.1 Å². The van der Waals surface area contributed by atoms with E-state index in [4.69, 9.17) is 4.74 Å². The van der Waals surface area contributed by atoms with Gasteiger partial charge < -0.3 is 10.1 Å². The van der Waals surface area contributed by atoms with Gasteiger partial charge in [-0.1, -0.05) is 62.4 Å². The molecule has 1 fully saturated rings. The van der Waals surface area contributed by atoms with E-state index >= 15 is 0 Å². The Bertz CT molecular complexity index is 629. The van der Waals surface area contributed by atoms with Gasteiger partial charge in [-0.25, -0.2) is 4.79 Å². The Hall–Kier alpha value is -1.98. The van der Waals surface area contributed by atoms with Gasteiger partial charge in [0.05, 0.1) is 5.69 Å². The van der Waals surface area contributed by atoms with E-state index in [1.807, 2.05) is 68.4 Å². The zero-order valence-corrected chi connectivity index (χ0v) is 16.8. The highest BCUT2D eigenvalue weighted by molar-refractivity contribution is 7.79. The molecule has 1 heterocycles. The topological polar surface area (TPSA) is 50.4 Å². The van der Waals surface area contributed by atoms with Crippen molar-refractivity contribution in [3.05, 3.63) is 54.6 Å². The number of nitrogens with one attached hydrogen (secondary N) is 2. The van der Waals surface area contributed by atoms with Gasteiger partial charge in [0.15, 0.2) is 0 Å². The first-order valence-electron chi connectivity index (χ1n) is 9.10. The van der Waals surface area contributed by atoms with Crippen LogP contribution in [0, 0.1) is 0 Å². The number of thiol groups is 1. The molecule has 0 radical (unpaired) electrons. The summed E-state index contributed by atoms with van der Waals surface area (Å²) in [6.07, 6.45) is 3.06. The lowest BCUT2D eigenvalue weighted by Crippen LogP contribution is -2.34. The van der Waals surface area contributed by atoms with Crippen molar-refractivity contribution in [1.29, 1.82) is 0 Å². The number of piperidine rings is 1. The lowest BCUT2D eigenvalue weighted by atomic mass is 10.0. The van der Waals surface area contributed by atoms with Crippen molar-refractivity contribution in [3.8, 4) is 11.1 Å². The average Bonchev–Trinajstić information content (AvgIpc) is 2.73. The minimum absolute atomic E-state index is 0.00476. The molecule has 1 amide bonds. The second-order valence-electron chi connectivity index (χ2n) is 5.39. The Morgan fingerprint density at radius 1 is 1.00 bits per heavy atom. The van der Waals surface area contributed by atoms with E-state index in [-0.39, 0.29) is 12.2 Å². The third-order valence-electron chi connectivity index (χ3n) is 3.81. The summed E-state index contributed by atoms with van der Waals surface area (Å²) in [6, 6.07) is 17.8. The fourth-order valence-corrected chi connectivity index (χ4v) is 2.67. The normalized spacial score (nSPS) is 13.4. The molecule has 0 spiro atoms. The Morgan fingerprint density at radius 3 is 2.23 bits per heavy atom. The molecule has 0 bridgehead atoms. The molecular weight excluding hydrogens is 344 g/mol. The maximum absolute atomic E-state index is 12.1. The first-order chi connectivity index (χ1) is 12.8. The first-order valence-corrected chi connectivity index (χ1v) is 10.00. The second-order valence-corrected chi connectivity index (χ2v) is 5.39. The van der Waals surface area contributed by atoms with Crippen LogP contribution in [0.15, 0.2) is 54.6 Å². The number of para-hydroxylation sites is 1. The molecule has 3 rings (SSSR count). The van der Waals surface area contributed by atoms with E-state index in [1.165, 1.54) is 0 Å². The highest BCUT2D eigenvalue weighted by Crippen LogP contribution is 2.27. The number of anilines is 1. The Kier molecular flexibility index (Phi) is 11.2. The van der Waals surface area contributed by atoms with Gasteiger partial charge in [0.2, 0.25) is 0 Å². The average molecular weight is 375 g/mol. The summed E-state index contributed by atoms with van der Waals surface area (Å²) in [5, 5.41) is 6.13. The molecule has 0 aromatic heterocycles. The van der Waals surface area contributed by atoms with Gasteiger partial charge >= 0.3 is 6.09 Å². The molecule has 2 aromatic carbocycles. The molecule has 4 nitrogen and oxygen atoms in total. The predicted molar refractivity (Wildman–Crippen MR) is 114 cm³/mol. The SMILES string of the molecule is CC.CS.O=C(Nc1ccccc1-c1ccccc1)OC1CCNCC1. The van der Waals surface area contributed by atoms with Crippen LogP contribution in [0.4, 0.5) is 10.5 Å². The lowest BCUT2D eigenvalue weighted by Gasteiger charge is -2.23. The van der Waals surface area contributed by atoms with E-state index in [9.17, 15) is 4.79 Å². The Morgan fingerprint density at radius 2 is 1.58 bits per heavy atom. The largest absolute Gasteiger partial charge is 0.446 e. The van der Waals surface area contributed by atoms with Crippen molar-refractivity contribution in [2.45, 2.75) is 32.8 Å². The van der Waals surface area contributed by atoms with Crippen molar-refractivity contribution < 1.29 is 9.53 Å². The van der Waals surface area contributed by atoms with Crippen LogP contribution in [0.5, 0.6) is 0 Å². The minimum Gasteiger partial charge on any atom is -0.446 e. The van der Waals surface area contributed by atoms with Gasteiger partial charge in [-0.15, -0.1) is 0 Å². The standard InChI is InChI=1S/C18H20N2O2.C2H6.CH4S/c21-18(22-15-10-12-19-13-11-15)20-17-9-5-4-8-16(17)14-6-2-1-3-7-14;2*1-2/h1-9,15,19H,10-13H2,(H,20,21);1-2H3;2H,1H3. The number of benzene rings is 2. The molecule has 1 aliphatic heterocycles. The van der Waals surface area contributed by atoms with Crippen LogP contribution in [-0.2, 0) is 4.74 Å². The molecule has 1 saturated heterocycles. The second kappa shape index (κ2) is 13.3. The van der Waals surface area contributed by atoms with Crippen LogP contribution in [0.1, 0.15) is 26.7 Å². The number of carbonyl (C=O) groups excluding carboxylic acids is 1. The molecule has 0 atom stereocenters. The molecular formula is C21H30N2O2S. The molecule has 1 aliphatic rings. The van der Waals surface area contributed by atoms with Crippen molar-refractivity contribution >= 4 is 24.4 Å². The van der Waals surface area contributed by atoms with Gasteiger partial charge in [-0.2, -0.15) is 12.6 Å². The Labute approximate surface area is 162 Å².